The van der Waals surface area contributed by atoms with Gasteiger partial charge in [-0.1, -0.05) is 12.1 Å². The van der Waals surface area contributed by atoms with Crippen LogP contribution in [0.4, 0.5) is 0 Å². The first-order valence-electron chi connectivity index (χ1n) is 8.55. The Hall–Kier alpha value is -2.32. The zero-order valence-electron chi connectivity index (χ0n) is 13.8. The molecule has 1 saturated heterocycles. The smallest absolute Gasteiger partial charge is 0.226 e. The Bertz CT molecular complexity index is 728. The van der Waals surface area contributed by atoms with Crippen LogP contribution in [-0.2, 0) is 11.2 Å². The van der Waals surface area contributed by atoms with Crippen LogP contribution in [0.1, 0.15) is 24.8 Å². The molecular formula is C17H21N5O3. The van der Waals surface area contributed by atoms with Gasteiger partial charge in [-0.3, -0.25) is 4.79 Å². The number of nitrogens with zero attached hydrogens (tertiary/aromatic N) is 5. The summed E-state index contributed by atoms with van der Waals surface area (Å²) in [6.45, 7) is 1.19. The van der Waals surface area contributed by atoms with Gasteiger partial charge in [-0.05, 0) is 41.0 Å². The van der Waals surface area contributed by atoms with Crippen molar-refractivity contribution in [2.45, 2.75) is 37.9 Å². The molecule has 8 nitrogen and oxygen atoms in total. The molecule has 1 amide bonds. The highest BCUT2D eigenvalue weighted by molar-refractivity contribution is 5.79. The molecule has 132 valence electrons. The Morgan fingerprint density at radius 2 is 1.84 bits per heavy atom. The zero-order chi connectivity index (χ0) is 17.4. The number of aliphatic hydroxyl groups is 2. The van der Waals surface area contributed by atoms with E-state index in [0.29, 0.717) is 38.8 Å². The monoisotopic (exact) mass is 343 g/mol. The highest BCUT2D eigenvalue weighted by Gasteiger charge is 2.55. The molecule has 2 N–H and O–H groups in total. The molecule has 2 atom stereocenters. The third-order valence-electron chi connectivity index (χ3n) is 5.73. The fourth-order valence-electron chi connectivity index (χ4n) is 3.91. The summed E-state index contributed by atoms with van der Waals surface area (Å²) in [7, 11) is 0. The fourth-order valence-corrected chi connectivity index (χ4v) is 3.91. The van der Waals surface area contributed by atoms with Gasteiger partial charge in [-0.25, -0.2) is 4.68 Å². The highest BCUT2D eigenvalue weighted by Crippen LogP contribution is 2.49. The lowest BCUT2D eigenvalue weighted by Gasteiger charge is -2.55. The first kappa shape index (κ1) is 16.2. The molecule has 25 heavy (non-hydrogen) atoms. The summed E-state index contributed by atoms with van der Waals surface area (Å²) in [5.74, 6) is 0.0772. The van der Waals surface area contributed by atoms with Crippen LogP contribution in [0.2, 0.25) is 0 Å². The largest absolute Gasteiger partial charge is 0.392 e. The van der Waals surface area contributed by atoms with E-state index in [1.807, 2.05) is 29.2 Å². The second kappa shape index (κ2) is 6.20. The first-order valence-corrected chi connectivity index (χ1v) is 8.55. The fraction of sp³-hybridized carbons (Fsp3) is 0.529. The first-order chi connectivity index (χ1) is 12.1. The molecule has 4 rings (SSSR count). The van der Waals surface area contributed by atoms with Gasteiger partial charge in [-0.15, -0.1) is 5.10 Å². The summed E-state index contributed by atoms with van der Waals surface area (Å²) < 4.78 is 1.56. The lowest BCUT2D eigenvalue weighted by atomic mass is 9.58. The third-order valence-corrected chi connectivity index (χ3v) is 5.73. The number of aliphatic hydroxyl groups excluding tert-OH is 2. The Morgan fingerprint density at radius 1 is 1.16 bits per heavy atom. The molecule has 1 aliphatic heterocycles. The molecule has 8 heteroatoms. The van der Waals surface area contributed by atoms with E-state index in [1.54, 1.807) is 4.68 Å². The summed E-state index contributed by atoms with van der Waals surface area (Å²) in [6.07, 6.45) is 2.79. The van der Waals surface area contributed by atoms with Crippen molar-refractivity contribution in [2.24, 2.45) is 5.41 Å². The minimum absolute atomic E-state index is 0.0772. The quantitative estimate of drug-likeness (QED) is 0.809. The van der Waals surface area contributed by atoms with Gasteiger partial charge >= 0.3 is 0 Å². The van der Waals surface area contributed by atoms with Gasteiger partial charge in [0.1, 0.15) is 6.33 Å². The van der Waals surface area contributed by atoms with Gasteiger partial charge in [0.2, 0.25) is 5.91 Å². The molecule has 0 bridgehead atoms. The van der Waals surface area contributed by atoms with Crippen LogP contribution in [-0.4, -0.2) is 66.5 Å². The number of carbonyl (C=O) groups excluding carboxylic acids is 1. The number of tetrazole rings is 1. The Kier molecular flexibility index (Phi) is 4.01. The van der Waals surface area contributed by atoms with Gasteiger partial charge in [0, 0.05) is 24.9 Å². The molecule has 1 saturated carbocycles. The van der Waals surface area contributed by atoms with E-state index in [-0.39, 0.29) is 11.3 Å². The van der Waals surface area contributed by atoms with E-state index < -0.39 is 12.2 Å². The van der Waals surface area contributed by atoms with Gasteiger partial charge in [0.05, 0.1) is 24.3 Å². The molecule has 1 spiro atoms. The maximum atomic E-state index is 12.5. The Balaban J connectivity index is 1.35. The Labute approximate surface area is 145 Å². The predicted octanol–water partition coefficient (Wildman–Crippen LogP) is -0.0609. The standard InChI is InChI=1S/C17H21N5O3/c23-14-10-15(24)17(14)5-7-21(8-6-17)16(25)9-12-1-3-13(4-2-12)22-11-18-19-20-22/h1-4,11,14-15,23-24H,5-10H2/t14-,15+. The minimum Gasteiger partial charge on any atom is -0.392 e. The van der Waals surface area contributed by atoms with Crippen molar-refractivity contribution >= 4 is 5.91 Å². The van der Waals surface area contributed by atoms with Crippen molar-refractivity contribution in [3.05, 3.63) is 36.2 Å². The number of hydrogen-bond donors (Lipinski definition) is 2. The molecule has 1 aliphatic carbocycles. The van der Waals surface area contributed by atoms with Crippen LogP contribution in [0.3, 0.4) is 0 Å². The van der Waals surface area contributed by atoms with Gasteiger partial charge in [-0.2, -0.15) is 0 Å². The average molecular weight is 343 g/mol. The molecule has 0 unspecified atom stereocenters. The van der Waals surface area contributed by atoms with Crippen molar-refractivity contribution < 1.29 is 15.0 Å². The number of likely N-dealkylation sites (tertiary alicyclic amines) is 1. The van der Waals surface area contributed by atoms with E-state index in [1.165, 1.54) is 6.33 Å². The molecule has 2 aliphatic rings. The van der Waals surface area contributed by atoms with E-state index in [0.717, 1.165) is 11.3 Å². The van der Waals surface area contributed by atoms with Crippen LogP contribution in [0, 0.1) is 5.41 Å². The average Bonchev–Trinajstić information content (AvgIpc) is 3.17. The van der Waals surface area contributed by atoms with Crippen LogP contribution in [0.25, 0.3) is 5.69 Å². The van der Waals surface area contributed by atoms with E-state index in [4.69, 9.17) is 0 Å². The van der Waals surface area contributed by atoms with Crippen molar-refractivity contribution in [3.8, 4) is 5.69 Å². The SMILES string of the molecule is O=C(Cc1ccc(-n2cnnn2)cc1)N1CCC2(CC1)[C@H](O)C[C@@H]2O. The maximum absolute atomic E-state index is 12.5. The summed E-state index contributed by atoms with van der Waals surface area (Å²) >= 11 is 0. The second-order valence-corrected chi connectivity index (χ2v) is 6.98. The predicted molar refractivity (Wildman–Crippen MR) is 87.7 cm³/mol. The number of benzene rings is 1. The number of piperidine rings is 1. The summed E-state index contributed by atoms with van der Waals surface area (Å²) in [6, 6.07) is 7.57. The lowest BCUT2D eigenvalue weighted by molar-refractivity contribution is -0.191. The van der Waals surface area contributed by atoms with E-state index in [2.05, 4.69) is 15.5 Å². The number of rotatable bonds is 3. The van der Waals surface area contributed by atoms with Crippen molar-refractivity contribution in [1.29, 1.82) is 0 Å². The maximum Gasteiger partial charge on any atom is 0.226 e. The van der Waals surface area contributed by atoms with Crippen molar-refractivity contribution in [1.82, 2.24) is 25.1 Å². The molecule has 1 aromatic heterocycles. The molecule has 2 aromatic rings. The van der Waals surface area contributed by atoms with E-state index >= 15 is 0 Å². The molecule has 2 fully saturated rings. The van der Waals surface area contributed by atoms with Crippen LogP contribution < -0.4 is 0 Å². The molecular weight excluding hydrogens is 322 g/mol. The lowest BCUT2D eigenvalue weighted by Crippen LogP contribution is -2.61. The van der Waals surface area contributed by atoms with Crippen LogP contribution in [0.5, 0.6) is 0 Å². The molecule has 2 heterocycles. The summed E-state index contributed by atoms with van der Waals surface area (Å²) in [4.78, 5) is 14.4. The number of aromatic nitrogens is 4. The molecule has 1 aromatic carbocycles. The van der Waals surface area contributed by atoms with Crippen LogP contribution in [0.15, 0.2) is 30.6 Å². The highest BCUT2D eigenvalue weighted by atomic mass is 16.3. The normalized spacial score (nSPS) is 25.0. The van der Waals surface area contributed by atoms with Gasteiger partial charge in [0.25, 0.3) is 0 Å². The van der Waals surface area contributed by atoms with E-state index in [9.17, 15) is 15.0 Å². The number of carbonyl (C=O) groups is 1. The summed E-state index contributed by atoms with van der Waals surface area (Å²) in [5.41, 5.74) is 1.39. The number of hydrogen-bond acceptors (Lipinski definition) is 6. The third kappa shape index (κ3) is 2.81. The number of amides is 1. The second-order valence-electron chi connectivity index (χ2n) is 6.98. The van der Waals surface area contributed by atoms with Gasteiger partial charge < -0.3 is 15.1 Å². The molecule has 0 radical (unpaired) electrons. The van der Waals surface area contributed by atoms with Crippen molar-refractivity contribution in [2.75, 3.05) is 13.1 Å². The van der Waals surface area contributed by atoms with Gasteiger partial charge in [0.15, 0.2) is 0 Å². The Morgan fingerprint density at radius 3 is 2.40 bits per heavy atom. The summed E-state index contributed by atoms with van der Waals surface area (Å²) in [5, 5.41) is 31.0. The topological polar surface area (TPSA) is 104 Å². The zero-order valence-corrected chi connectivity index (χ0v) is 13.8. The minimum atomic E-state index is -0.432. The van der Waals surface area contributed by atoms with Crippen LogP contribution >= 0.6 is 0 Å². The van der Waals surface area contributed by atoms with Crippen molar-refractivity contribution in [3.63, 3.8) is 0 Å².